The van der Waals surface area contributed by atoms with Crippen LogP contribution in [0.25, 0.3) is 34.1 Å². The number of aromatic nitrogens is 6. The van der Waals surface area contributed by atoms with Crippen LogP contribution in [-0.4, -0.2) is 50.0 Å². The molecule has 0 amide bonds. The van der Waals surface area contributed by atoms with E-state index in [2.05, 4.69) is 31.7 Å². The minimum Gasteiger partial charge on any atom is -0.491 e. The molecule has 0 unspecified atom stereocenters. The molecule has 1 N–H and O–H groups in total. The Balaban J connectivity index is 1.60. The van der Waals surface area contributed by atoms with Gasteiger partial charge >= 0.3 is 5.76 Å². The molecule has 1 saturated carbocycles. The third kappa shape index (κ3) is 5.23. The van der Waals surface area contributed by atoms with E-state index in [1.54, 1.807) is 19.5 Å². The van der Waals surface area contributed by atoms with Gasteiger partial charge in [0.2, 0.25) is 5.82 Å². The second kappa shape index (κ2) is 10.2. The first-order valence-electron chi connectivity index (χ1n) is 11.7. The van der Waals surface area contributed by atoms with Crippen molar-refractivity contribution < 1.29 is 13.9 Å². The fourth-order valence-corrected chi connectivity index (χ4v) is 4.78. The van der Waals surface area contributed by atoms with Crippen LogP contribution >= 0.6 is 11.6 Å². The number of hydrogen-bond acceptors (Lipinski definition) is 8. The van der Waals surface area contributed by atoms with Crippen LogP contribution in [0.15, 0.2) is 33.7 Å². The van der Waals surface area contributed by atoms with Crippen LogP contribution in [0, 0.1) is 11.8 Å². The van der Waals surface area contributed by atoms with E-state index in [0.717, 1.165) is 23.5 Å². The highest BCUT2D eigenvalue weighted by molar-refractivity contribution is 6.31. The Morgan fingerprint density at radius 3 is 2.74 bits per heavy atom. The van der Waals surface area contributed by atoms with Gasteiger partial charge in [-0.15, -0.1) is 5.10 Å². The van der Waals surface area contributed by atoms with Crippen LogP contribution in [0.2, 0.25) is 5.02 Å². The first-order valence-corrected chi connectivity index (χ1v) is 12.1. The van der Waals surface area contributed by atoms with Crippen LogP contribution in [-0.2, 0) is 11.3 Å². The lowest BCUT2D eigenvalue weighted by molar-refractivity contribution is 0.146. The maximum Gasteiger partial charge on any atom is 0.434 e. The van der Waals surface area contributed by atoms with E-state index in [0.29, 0.717) is 41.2 Å². The van der Waals surface area contributed by atoms with Crippen molar-refractivity contribution in [1.82, 2.24) is 29.7 Å². The quantitative estimate of drug-likeness (QED) is 0.356. The van der Waals surface area contributed by atoms with Gasteiger partial charge in [0.05, 0.1) is 12.9 Å². The second-order valence-electron chi connectivity index (χ2n) is 9.03. The van der Waals surface area contributed by atoms with Crippen molar-refractivity contribution in [2.75, 3.05) is 20.3 Å². The monoisotopic (exact) mass is 498 g/mol. The minimum atomic E-state index is -0.682. The predicted octanol–water partition coefficient (Wildman–Crippen LogP) is 4.34. The SMILES string of the molecule is COCCOc1cc(Cl)cc(-c2nc(-c3n[nH]c(=O)o3)nc3ncn(C[C@H]4CC[C@H](C)CC4)c23)c1. The van der Waals surface area contributed by atoms with Crippen LogP contribution in [0.3, 0.4) is 0 Å². The summed E-state index contributed by atoms with van der Waals surface area (Å²) in [6.07, 6.45) is 6.63. The normalized spacial score (nSPS) is 18.3. The molecule has 1 aliphatic rings. The molecule has 3 aromatic heterocycles. The van der Waals surface area contributed by atoms with Gasteiger partial charge in [0, 0.05) is 24.2 Å². The van der Waals surface area contributed by atoms with Gasteiger partial charge in [-0.2, -0.15) is 0 Å². The maximum absolute atomic E-state index is 11.5. The number of rotatable bonds is 8. The zero-order valence-electron chi connectivity index (χ0n) is 19.7. The number of nitrogens with one attached hydrogen (secondary N) is 1. The van der Waals surface area contributed by atoms with E-state index in [1.807, 2.05) is 12.1 Å². The summed E-state index contributed by atoms with van der Waals surface area (Å²) < 4.78 is 18.1. The number of halogens is 1. The molecule has 0 spiro atoms. The number of imidazole rings is 1. The van der Waals surface area contributed by atoms with Gasteiger partial charge in [-0.05, 0) is 42.9 Å². The van der Waals surface area contributed by atoms with E-state index in [1.165, 1.54) is 25.7 Å². The molecule has 10 nitrogen and oxygen atoms in total. The number of hydrogen-bond donors (Lipinski definition) is 1. The average molecular weight is 499 g/mol. The van der Waals surface area contributed by atoms with Gasteiger partial charge in [-0.1, -0.05) is 31.4 Å². The fourth-order valence-electron chi connectivity index (χ4n) is 4.56. The van der Waals surface area contributed by atoms with E-state index in [-0.39, 0.29) is 11.7 Å². The fraction of sp³-hybridized carbons (Fsp3) is 0.458. The molecule has 0 radical (unpaired) electrons. The lowest BCUT2D eigenvalue weighted by Crippen LogP contribution is -2.17. The van der Waals surface area contributed by atoms with E-state index in [9.17, 15) is 4.79 Å². The number of aromatic amines is 1. The lowest BCUT2D eigenvalue weighted by Gasteiger charge is -2.26. The van der Waals surface area contributed by atoms with Crippen LogP contribution in [0.4, 0.5) is 0 Å². The summed E-state index contributed by atoms with van der Waals surface area (Å²) >= 11 is 6.45. The largest absolute Gasteiger partial charge is 0.491 e. The zero-order chi connectivity index (χ0) is 24.4. The molecule has 0 atom stereocenters. The number of nitrogens with zero attached hydrogens (tertiary/aromatic N) is 5. The first kappa shape index (κ1) is 23.5. The number of benzene rings is 1. The highest BCUT2D eigenvalue weighted by Gasteiger charge is 2.23. The Morgan fingerprint density at radius 2 is 2.00 bits per heavy atom. The molecule has 4 aromatic rings. The van der Waals surface area contributed by atoms with Gasteiger partial charge in [0.15, 0.2) is 5.65 Å². The van der Waals surface area contributed by atoms with Crippen LogP contribution in [0.5, 0.6) is 5.75 Å². The molecule has 0 bridgehead atoms. The van der Waals surface area contributed by atoms with Crippen LogP contribution in [0.1, 0.15) is 32.6 Å². The van der Waals surface area contributed by atoms with Crippen molar-refractivity contribution in [2.24, 2.45) is 11.8 Å². The summed E-state index contributed by atoms with van der Waals surface area (Å²) in [6, 6.07) is 5.43. The summed E-state index contributed by atoms with van der Waals surface area (Å²) in [6.45, 7) is 3.98. The molecule has 0 aliphatic heterocycles. The standard InChI is InChI=1S/C24H27ClN6O4/c1-14-3-5-15(6-4-14)12-31-13-26-21-20(31)19(27-22(28-21)23-29-30-24(32)35-23)16-9-17(25)11-18(10-16)34-8-7-33-2/h9-11,13-15H,3-8,12H2,1-2H3,(H,30,32)/t14-,15-. The predicted molar refractivity (Wildman–Crippen MR) is 130 cm³/mol. The van der Waals surface area contributed by atoms with Gasteiger partial charge in [-0.3, -0.25) is 0 Å². The van der Waals surface area contributed by atoms with Crippen molar-refractivity contribution in [3.63, 3.8) is 0 Å². The number of methoxy groups -OCH3 is 1. The molecule has 1 aliphatic carbocycles. The topological polar surface area (TPSA) is 121 Å². The molecular formula is C24H27ClN6O4. The third-order valence-corrected chi connectivity index (χ3v) is 6.61. The summed E-state index contributed by atoms with van der Waals surface area (Å²) in [7, 11) is 1.62. The number of ether oxygens (including phenoxy) is 2. The Bertz CT molecular complexity index is 1370. The van der Waals surface area contributed by atoms with Crippen molar-refractivity contribution >= 4 is 22.8 Å². The van der Waals surface area contributed by atoms with Crippen LogP contribution < -0.4 is 10.5 Å². The third-order valence-electron chi connectivity index (χ3n) is 6.39. The molecule has 1 fully saturated rings. The number of H-pyrrole nitrogens is 1. The molecule has 5 rings (SSSR count). The second-order valence-corrected chi connectivity index (χ2v) is 9.46. The van der Waals surface area contributed by atoms with Gasteiger partial charge in [-0.25, -0.2) is 24.8 Å². The summed E-state index contributed by atoms with van der Waals surface area (Å²) in [4.78, 5) is 25.4. The highest BCUT2D eigenvalue weighted by atomic mass is 35.5. The average Bonchev–Trinajstić information content (AvgIpc) is 3.46. The summed E-state index contributed by atoms with van der Waals surface area (Å²) in [5.74, 6) is 1.40. The van der Waals surface area contributed by atoms with E-state index >= 15 is 0 Å². The lowest BCUT2D eigenvalue weighted by atomic mass is 9.83. The van der Waals surface area contributed by atoms with Gasteiger partial charge in [0.25, 0.3) is 5.89 Å². The Morgan fingerprint density at radius 1 is 1.17 bits per heavy atom. The smallest absolute Gasteiger partial charge is 0.434 e. The molecule has 3 heterocycles. The maximum atomic E-state index is 11.5. The Hall–Kier alpha value is -3.24. The molecule has 11 heteroatoms. The zero-order valence-corrected chi connectivity index (χ0v) is 20.4. The minimum absolute atomic E-state index is 0.00688. The Labute approximate surface area is 206 Å². The molecule has 184 valence electrons. The Kier molecular flexibility index (Phi) is 6.83. The highest BCUT2D eigenvalue weighted by Crippen LogP contribution is 2.35. The van der Waals surface area contributed by atoms with Gasteiger partial charge < -0.3 is 18.5 Å². The van der Waals surface area contributed by atoms with Gasteiger partial charge in [0.1, 0.15) is 23.6 Å². The molecule has 35 heavy (non-hydrogen) atoms. The summed E-state index contributed by atoms with van der Waals surface area (Å²) in [5.41, 5.74) is 2.61. The van der Waals surface area contributed by atoms with Crippen molar-refractivity contribution in [2.45, 2.75) is 39.2 Å². The van der Waals surface area contributed by atoms with E-state index in [4.69, 9.17) is 30.5 Å². The molecule has 1 aromatic carbocycles. The molecule has 0 saturated heterocycles. The number of fused-ring (bicyclic) bond motifs is 1. The van der Waals surface area contributed by atoms with Crippen molar-refractivity contribution in [3.05, 3.63) is 40.1 Å². The van der Waals surface area contributed by atoms with Crippen molar-refractivity contribution in [3.8, 4) is 28.7 Å². The van der Waals surface area contributed by atoms with E-state index < -0.39 is 5.76 Å². The van der Waals surface area contributed by atoms with Crippen molar-refractivity contribution in [1.29, 1.82) is 0 Å². The molecular weight excluding hydrogens is 472 g/mol. The first-order chi connectivity index (χ1) is 17.0. The summed E-state index contributed by atoms with van der Waals surface area (Å²) in [5, 5.41) is 6.65.